The van der Waals surface area contributed by atoms with Crippen molar-refractivity contribution in [3.05, 3.63) is 59.7 Å². The van der Waals surface area contributed by atoms with Crippen LogP contribution < -0.4 is 10.1 Å². The van der Waals surface area contributed by atoms with Gasteiger partial charge in [-0.25, -0.2) is 0 Å². The molecule has 2 aromatic carbocycles. The van der Waals surface area contributed by atoms with Crippen LogP contribution in [0.2, 0.25) is 0 Å². The van der Waals surface area contributed by atoms with E-state index in [9.17, 15) is 9.59 Å². The number of aryl methyl sites for hydroxylation is 1. The topological polar surface area (TPSA) is 58.6 Å². The Hall–Kier alpha value is -2.82. The van der Waals surface area contributed by atoms with Crippen molar-refractivity contribution in [1.82, 2.24) is 4.90 Å². The van der Waals surface area contributed by atoms with Gasteiger partial charge < -0.3 is 15.0 Å². The van der Waals surface area contributed by atoms with Crippen LogP contribution in [0.5, 0.6) is 5.75 Å². The minimum absolute atomic E-state index is 0.0866. The molecule has 0 aliphatic heterocycles. The van der Waals surface area contributed by atoms with Crippen LogP contribution in [0.25, 0.3) is 0 Å². The van der Waals surface area contributed by atoms with Gasteiger partial charge in [0.2, 0.25) is 0 Å². The SMILES string of the molecule is Cc1ccccc1OCC(=O)Nc1cccc(C(=O)N(C)C)c1. The van der Waals surface area contributed by atoms with Gasteiger partial charge in [0, 0.05) is 25.3 Å². The normalized spacial score (nSPS) is 10.0. The van der Waals surface area contributed by atoms with E-state index in [4.69, 9.17) is 4.74 Å². The molecule has 0 saturated heterocycles. The van der Waals surface area contributed by atoms with E-state index in [0.29, 0.717) is 17.0 Å². The van der Waals surface area contributed by atoms with E-state index in [0.717, 1.165) is 5.56 Å². The first-order valence-electron chi connectivity index (χ1n) is 7.27. The first-order chi connectivity index (χ1) is 11.0. The summed E-state index contributed by atoms with van der Waals surface area (Å²) in [4.78, 5) is 25.4. The molecule has 5 nitrogen and oxygen atoms in total. The van der Waals surface area contributed by atoms with Crippen LogP contribution >= 0.6 is 0 Å². The van der Waals surface area contributed by atoms with Gasteiger partial charge in [0.25, 0.3) is 11.8 Å². The quantitative estimate of drug-likeness (QED) is 0.923. The molecule has 0 aliphatic rings. The second-order valence-electron chi connectivity index (χ2n) is 5.38. The van der Waals surface area contributed by atoms with Crippen molar-refractivity contribution >= 4 is 17.5 Å². The maximum absolute atomic E-state index is 12.0. The third-order valence-electron chi connectivity index (χ3n) is 3.25. The number of hydrogen-bond acceptors (Lipinski definition) is 3. The molecule has 0 unspecified atom stereocenters. The summed E-state index contributed by atoms with van der Waals surface area (Å²) in [7, 11) is 3.37. The summed E-state index contributed by atoms with van der Waals surface area (Å²) in [6.45, 7) is 1.83. The van der Waals surface area contributed by atoms with Crippen LogP contribution in [0.4, 0.5) is 5.69 Å². The number of hydrogen-bond donors (Lipinski definition) is 1. The molecule has 0 fully saturated rings. The predicted molar refractivity (Wildman–Crippen MR) is 89.8 cm³/mol. The number of anilines is 1. The fourth-order valence-corrected chi connectivity index (χ4v) is 2.05. The fourth-order valence-electron chi connectivity index (χ4n) is 2.05. The monoisotopic (exact) mass is 312 g/mol. The van der Waals surface area contributed by atoms with Crippen LogP contribution in [0.1, 0.15) is 15.9 Å². The lowest BCUT2D eigenvalue weighted by Crippen LogP contribution is -2.23. The molecule has 2 amide bonds. The van der Waals surface area contributed by atoms with Crippen molar-refractivity contribution in [3.8, 4) is 5.75 Å². The lowest BCUT2D eigenvalue weighted by atomic mass is 10.2. The number of amides is 2. The predicted octanol–water partition coefficient (Wildman–Crippen LogP) is 2.71. The number of nitrogens with zero attached hydrogens (tertiary/aromatic N) is 1. The molecule has 1 N–H and O–H groups in total. The number of rotatable bonds is 5. The Bertz CT molecular complexity index is 711. The molecule has 0 saturated carbocycles. The van der Waals surface area contributed by atoms with E-state index < -0.39 is 0 Å². The zero-order valence-corrected chi connectivity index (χ0v) is 13.5. The first-order valence-corrected chi connectivity index (χ1v) is 7.27. The first kappa shape index (κ1) is 16.5. The van der Waals surface area contributed by atoms with Crippen molar-refractivity contribution in [2.24, 2.45) is 0 Å². The molecular formula is C18H20N2O3. The van der Waals surface area contributed by atoms with Gasteiger partial charge in [-0.3, -0.25) is 9.59 Å². The van der Waals surface area contributed by atoms with Crippen LogP contribution in [0, 0.1) is 6.92 Å². The third-order valence-corrected chi connectivity index (χ3v) is 3.25. The Morgan fingerprint density at radius 1 is 1.09 bits per heavy atom. The number of para-hydroxylation sites is 1. The molecule has 0 radical (unpaired) electrons. The Morgan fingerprint density at radius 2 is 1.83 bits per heavy atom. The second-order valence-corrected chi connectivity index (χ2v) is 5.38. The van der Waals surface area contributed by atoms with Gasteiger partial charge in [0.05, 0.1) is 0 Å². The van der Waals surface area contributed by atoms with E-state index >= 15 is 0 Å². The van der Waals surface area contributed by atoms with E-state index in [1.807, 2.05) is 31.2 Å². The molecular weight excluding hydrogens is 292 g/mol. The van der Waals surface area contributed by atoms with E-state index in [1.54, 1.807) is 38.4 Å². The van der Waals surface area contributed by atoms with Crippen molar-refractivity contribution < 1.29 is 14.3 Å². The largest absolute Gasteiger partial charge is 0.483 e. The summed E-state index contributed by atoms with van der Waals surface area (Å²) in [6, 6.07) is 14.3. The highest BCUT2D eigenvalue weighted by Crippen LogP contribution is 2.16. The average molecular weight is 312 g/mol. The summed E-state index contributed by atoms with van der Waals surface area (Å²) in [5, 5.41) is 2.73. The zero-order valence-electron chi connectivity index (χ0n) is 13.5. The van der Waals surface area contributed by atoms with E-state index in [1.165, 1.54) is 4.90 Å². The van der Waals surface area contributed by atoms with E-state index in [-0.39, 0.29) is 18.4 Å². The molecule has 23 heavy (non-hydrogen) atoms. The third kappa shape index (κ3) is 4.57. The maximum atomic E-state index is 12.0. The van der Waals surface area contributed by atoms with Gasteiger partial charge in [-0.1, -0.05) is 24.3 Å². The van der Waals surface area contributed by atoms with Crippen LogP contribution in [-0.4, -0.2) is 37.4 Å². The molecule has 0 heterocycles. The molecule has 0 atom stereocenters. The van der Waals surface area contributed by atoms with Crippen molar-refractivity contribution in [3.63, 3.8) is 0 Å². The summed E-state index contributed by atoms with van der Waals surface area (Å²) >= 11 is 0. The zero-order chi connectivity index (χ0) is 16.8. The lowest BCUT2D eigenvalue weighted by molar-refractivity contribution is -0.118. The number of ether oxygens (including phenoxy) is 1. The lowest BCUT2D eigenvalue weighted by Gasteiger charge is -2.12. The number of benzene rings is 2. The summed E-state index contributed by atoms with van der Waals surface area (Å²) in [5.74, 6) is 0.291. The van der Waals surface area contributed by atoms with Crippen LogP contribution in [0.3, 0.4) is 0 Å². The van der Waals surface area contributed by atoms with Gasteiger partial charge in [-0.2, -0.15) is 0 Å². The second kappa shape index (κ2) is 7.45. The molecule has 0 aromatic heterocycles. The van der Waals surface area contributed by atoms with Crippen molar-refractivity contribution in [2.45, 2.75) is 6.92 Å². The smallest absolute Gasteiger partial charge is 0.262 e. The van der Waals surface area contributed by atoms with Gasteiger partial charge in [0.15, 0.2) is 6.61 Å². The highest BCUT2D eigenvalue weighted by atomic mass is 16.5. The van der Waals surface area contributed by atoms with Crippen LogP contribution in [0.15, 0.2) is 48.5 Å². The molecule has 120 valence electrons. The minimum Gasteiger partial charge on any atom is -0.483 e. The molecule has 2 rings (SSSR count). The van der Waals surface area contributed by atoms with Gasteiger partial charge in [0.1, 0.15) is 5.75 Å². The van der Waals surface area contributed by atoms with Gasteiger partial charge in [-0.15, -0.1) is 0 Å². The number of carbonyl (C=O) groups excluding carboxylic acids is 2. The van der Waals surface area contributed by atoms with Crippen LogP contribution in [-0.2, 0) is 4.79 Å². The Kier molecular flexibility index (Phi) is 5.36. The summed E-state index contributed by atoms with van der Waals surface area (Å²) in [5.41, 5.74) is 2.06. The molecule has 5 heteroatoms. The number of carbonyl (C=O) groups is 2. The Labute approximate surface area is 135 Å². The highest BCUT2D eigenvalue weighted by Gasteiger charge is 2.10. The Balaban J connectivity index is 1.97. The Morgan fingerprint density at radius 3 is 2.52 bits per heavy atom. The molecule has 0 spiro atoms. The maximum Gasteiger partial charge on any atom is 0.262 e. The summed E-state index contributed by atoms with van der Waals surface area (Å²) < 4.78 is 5.50. The average Bonchev–Trinajstić information content (AvgIpc) is 2.53. The highest BCUT2D eigenvalue weighted by molar-refractivity contribution is 5.97. The van der Waals surface area contributed by atoms with Crippen molar-refractivity contribution in [1.29, 1.82) is 0 Å². The fraction of sp³-hybridized carbons (Fsp3) is 0.222. The number of nitrogens with one attached hydrogen (secondary N) is 1. The van der Waals surface area contributed by atoms with Gasteiger partial charge in [-0.05, 0) is 36.8 Å². The van der Waals surface area contributed by atoms with E-state index in [2.05, 4.69) is 5.32 Å². The molecule has 2 aromatic rings. The molecule has 0 aliphatic carbocycles. The minimum atomic E-state index is -0.275. The van der Waals surface area contributed by atoms with Crippen molar-refractivity contribution in [2.75, 3.05) is 26.0 Å². The standard InChI is InChI=1S/C18H20N2O3/c1-13-7-4-5-10-16(13)23-12-17(21)19-15-9-6-8-14(11-15)18(22)20(2)3/h4-11H,12H2,1-3H3,(H,19,21). The molecule has 0 bridgehead atoms. The van der Waals surface area contributed by atoms with Gasteiger partial charge >= 0.3 is 0 Å². The summed E-state index contributed by atoms with van der Waals surface area (Å²) in [6.07, 6.45) is 0.